The van der Waals surface area contributed by atoms with Gasteiger partial charge in [0.1, 0.15) is 0 Å². The molecule has 6 heteroatoms. The Kier molecular flexibility index (Phi) is 2.59. The van der Waals surface area contributed by atoms with Gasteiger partial charge in [-0.15, -0.1) is 23.5 Å². The minimum Gasteiger partial charge on any atom is -0.298 e. The van der Waals surface area contributed by atoms with E-state index in [4.69, 9.17) is 0 Å². The normalized spacial score (nSPS) is 17.2. The van der Waals surface area contributed by atoms with Crippen LogP contribution < -0.4 is 4.06 Å². The molecular weight excluding hydrogens is 232 g/mol. The van der Waals surface area contributed by atoms with Crippen molar-refractivity contribution in [2.45, 2.75) is 8.42 Å². The highest BCUT2D eigenvalue weighted by Crippen LogP contribution is 2.38. The molecule has 2 nitrogen and oxygen atoms in total. The van der Waals surface area contributed by atoms with E-state index in [1.165, 1.54) is 46.2 Å². The average Bonchev–Trinajstić information content (AvgIpc) is 2.31. The Balaban J connectivity index is 2.36. The van der Waals surface area contributed by atoms with Gasteiger partial charge in [0.05, 0.1) is 19.9 Å². The zero-order valence-electron chi connectivity index (χ0n) is 5.86. The standard InChI is InChI=1S/C6H4O2S4/c7-3-1-9-4-5(10-2-3)12-6(8)11-4/h1-2H2. The number of Topliss-reactive ketones (excluding diaryl/α,β-unsaturated/α-hetero) is 1. The highest BCUT2D eigenvalue weighted by atomic mass is 32.2. The maximum atomic E-state index is 11.0. The van der Waals surface area contributed by atoms with Crippen molar-refractivity contribution in [3.63, 3.8) is 0 Å². The van der Waals surface area contributed by atoms with Crippen molar-refractivity contribution in [1.82, 2.24) is 0 Å². The van der Waals surface area contributed by atoms with Crippen molar-refractivity contribution in [3.05, 3.63) is 8.85 Å². The van der Waals surface area contributed by atoms with Crippen LogP contribution in [0.3, 0.4) is 0 Å². The molecule has 2 rings (SSSR count). The molecule has 2 heterocycles. The summed E-state index contributed by atoms with van der Waals surface area (Å²) in [5, 5.41) is 0. The van der Waals surface area contributed by atoms with Gasteiger partial charge in [0.15, 0.2) is 5.78 Å². The van der Waals surface area contributed by atoms with Gasteiger partial charge in [-0.1, -0.05) is 22.7 Å². The molecule has 0 spiro atoms. The number of fused-ring (bicyclic) bond motifs is 1. The summed E-state index contributed by atoms with van der Waals surface area (Å²) in [6, 6.07) is 0. The Bertz CT molecular complexity index is 333. The van der Waals surface area contributed by atoms with Gasteiger partial charge in [-0.3, -0.25) is 9.59 Å². The lowest BCUT2D eigenvalue weighted by Crippen LogP contribution is -2.01. The SMILES string of the molecule is O=C1CSc2sc(=O)sc2SC1. The first-order valence-corrected chi connectivity index (χ1v) is 6.77. The van der Waals surface area contributed by atoms with Crippen LogP contribution in [0.15, 0.2) is 13.2 Å². The molecule has 0 saturated carbocycles. The van der Waals surface area contributed by atoms with Crippen LogP contribution in [0.1, 0.15) is 0 Å². The average molecular weight is 236 g/mol. The van der Waals surface area contributed by atoms with Crippen LogP contribution in [0.4, 0.5) is 0 Å². The summed E-state index contributed by atoms with van der Waals surface area (Å²) in [5.74, 6) is 1.30. The first-order chi connectivity index (χ1) is 5.75. The van der Waals surface area contributed by atoms with E-state index >= 15 is 0 Å². The topological polar surface area (TPSA) is 34.1 Å². The molecular formula is C6H4O2S4. The summed E-state index contributed by atoms with van der Waals surface area (Å²) < 4.78 is 2.19. The number of carbonyl (C=O) groups excluding carboxylic acids is 1. The molecule has 64 valence electrons. The quantitative estimate of drug-likeness (QED) is 0.689. The lowest BCUT2D eigenvalue weighted by atomic mass is 10.5. The van der Waals surface area contributed by atoms with E-state index in [0.717, 1.165) is 8.42 Å². The Hall–Kier alpha value is 0.220. The lowest BCUT2D eigenvalue weighted by Gasteiger charge is -1.88. The second kappa shape index (κ2) is 3.53. The zero-order chi connectivity index (χ0) is 8.55. The Morgan fingerprint density at radius 3 is 1.92 bits per heavy atom. The van der Waals surface area contributed by atoms with Crippen LogP contribution in [-0.4, -0.2) is 17.3 Å². The molecule has 1 aliphatic heterocycles. The number of rotatable bonds is 0. The van der Waals surface area contributed by atoms with Gasteiger partial charge in [0.2, 0.25) is 0 Å². The van der Waals surface area contributed by atoms with Crippen molar-refractivity contribution in [2.24, 2.45) is 0 Å². The van der Waals surface area contributed by atoms with Crippen molar-refractivity contribution < 1.29 is 4.79 Å². The summed E-state index contributed by atoms with van der Waals surface area (Å²) >= 11 is 5.51. The van der Waals surface area contributed by atoms with Crippen molar-refractivity contribution in [1.29, 1.82) is 0 Å². The molecule has 0 atom stereocenters. The predicted molar refractivity (Wildman–Crippen MR) is 54.9 cm³/mol. The molecule has 1 aromatic rings. The summed E-state index contributed by atoms with van der Waals surface area (Å²) in [6.07, 6.45) is 0. The summed E-state index contributed by atoms with van der Waals surface area (Å²) in [4.78, 5) is 22.0. The van der Waals surface area contributed by atoms with E-state index in [0.29, 0.717) is 11.5 Å². The molecule has 0 saturated heterocycles. The predicted octanol–water partition coefficient (Wildman–Crippen LogP) is 1.94. The molecule has 0 radical (unpaired) electrons. The number of carbonyl (C=O) groups is 1. The maximum absolute atomic E-state index is 11.0. The van der Waals surface area contributed by atoms with Gasteiger partial charge in [0.25, 0.3) is 4.06 Å². The Morgan fingerprint density at radius 2 is 1.42 bits per heavy atom. The van der Waals surface area contributed by atoms with Crippen LogP contribution in [0.25, 0.3) is 0 Å². The van der Waals surface area contributed by atoms with E-state index < -0.39 is 0 Å². The molecule has 0 aliphatic carbocycles. The van der Waals surface area contributed by atoms with E-state index in [2.05, 4.69) is 0 Å². The third kappa shape index (κ3) is 1.76. The van der Waals surface area contributed by atoms with Gasteiger partial charge in [-0.25, -0.2) is 0 Å². The van der Waals surface area contributed by atoms with E-state index in [1.807, 2.05) is 0 Å². The van der Waals surface area contributed by atoms with Crippen molar-refractivity contribution >= 4 is 52.0 Å². The Labute approximate surface area is 85.4 Å². The summed E-state index contributed by atoms with van der Waals surface area (Å²) in [7, 11) is 0. The fourth-order valence-corrected chi connectivity index (χ4v) is 5.86. The molecule has 12 heavy (non-hydrogen) atoms. The molecule has 0 amide bonds. The smallest absolute Gasteiger partial charge is 0.289 e. The van der Waals surface area contributed by atoms with Crippen LogP contribution in [-0.2, 0) is 4.79 Å². The first kappa shape index (κ1) is 8.80. The lowest BCUT2D eigenvalue weighted by molar-refractivity contribution is -0.114. The second-order valence-electron chi connectivity index (χ2n) is 2.15. The molecule has 1 aliphatic rings. The zero-order valence-corrected chi connectivity index (χ0v) is 9.13. The fourth-order valence-electron chi connectivity index (χ4n) is 0.766. The van der Waals surface area contributed by atoms with Crippen LogP contribution in [0.2, 0.25) is 0 Å². The monoisotopic (exact) mass is 236 g/mol. The largest absolute Gasteiger partial charge is 0.298 e. The maximum Gasteiger partial charge on any atom is 0.289 e. The first-order valence-electron chi connectivity index (χ1n) is 3.17. The van der Waals surface area contributed by atoms with Gasteiger partial charge < -0.3 is 0 Å². The van der Waals surface area contributed by atoms with Crippen molar-refractivity contribution in [3.8, 4) is 0 Å². The highest BCUT2D eigenvalue weighted by Gasteiger charge is 2.17. The molecule has 0 N–H and O–H groups in total. The minimum atomic E-state index is 0.134. The van der Waals surface area contributed by atoms with Gasteiger partial charge in [-0.05, 0) is 0 Å². The minimum absolute atomic E-state index is 0.134. The van der Waals surface area contributed by atoms with Crippen LogP contribution in [0.5, 0.6) is 0 Å². The molecule has 0 bridgehead atoms. The third-order valence-corrected chi connectivity index (χ3v) is 6.45. The van der Waals surface area contributed by atoms with Gasteiger partial charge >= 0.3 is 0 Å². The molecule has 0 fully saturated rings. The van der Waals surface area contributed by atoms with Gasteiger partial charge in [0, 0.05) is 0 Å². The summed E-state index contributed by atoms with van der Waals surface area (Å²) in [6.45, 7) is 0. The van der Waals surface area contributed by atoms with Crippen molar-refractivity contribution in [2.75, 3.05) is 11.5 Å². The van der Waals surface area contributed by atoms with Gasteiger partial charge in [-0.2, -0.15) is 0 Å². The number of thioether (sulfide) groups is 2. The van der Waals surface area contributed by atoms with E-state index in [-0.39, 0.29) is 9.84 Å². The summed E-state index contributed by atoms with van der Waals surface area (Å²) in [5.41, 5.74) is 0. The van der Waals surface area contributed by atoms with E-state index in [1.54, 1.807) is 0 Å². The third-order valence-electron chi connectivity index (χ3n) is 1.25. The number of hydrogen-bond donors (Lipinski definition) is 0. The van der Waals surface area contributed by atoms with E-state index in [9.17, 15) is 9.59 Å². The second-order valence-corrected chi connectivity index (χ2v) is 6.86. The fraction of sp³-hybridized carbons (Fsp3) is 0.333. The molecule has 1 aromatic heterocycles. The molecule has 0 unspecified atom stereocenters. The number of ketones is 1. The Morgan fingerprint density at radius 1 is 0.917 bits per heavy atom. The molecule has 0 aromatic carbocycles. The highest BCUT2D eigenvalue weighted by molar-refractivity contribution is 8.06. The van der Waals surface area contributed by atoms with Crippen LogP contribution >= 0.6 is 46.2 Å². The number of hydrogen-bond acceptors (Lipinski definition) is 6. The van der Waals surface area contributed by atoms with Crippen LogP contribution in [0, 0.1) is 0 Å².